The van der Waals surface area contributed by atoms with E-state index in [2.05, 4.69) is 53.4 Å². The van der Waals surface area contributed by atoms with E-state index in [4.69, 9.17) is 0 Å². The maximum absolute atomic E-state index is 10.3. The van der Waals surface area contributed by atoms with Crippen LogP contribution >= 0.6 is 0 Å². The molecule has 2 aromatic carbocycles. The molecular weight excluding hydrogens is 246 g/mol. The van der Waals surface area contributed by atoms with Gasteiger partial charge in [-0.05, 0) is 17.5 Å². The van der Waals surface area contributed by atoms with Crippen LogP contribution in [0.15, 0.2) is 60.7 Å². The molecule has 0 unspecified atom stereocenters. The van der Waals surface area contributed by atoms with Crippen LogP contribution in [0.4, 0.5) is 0 Å². The van der Waals surface area contributed by atoms with Gasteiger partial charge in [-0.1, -0.05) is 60.7 Å². The monoisotopic (exact) mass is 267 g/mol. The van der Waals surface area contributed by atoms with Crippen molar-refractivity contribution in [3.05, 3.63) is 71.8 Å². The van der Waals surface area contributed by atoms with Gasteiger partial charge in [-0.15, -0.1) is 0 Å². The first-order valence-electron chi connectivity index (χ1n) is 7.29. The Labute approximate surface area is 120 Å². The fourth-order valence-electron chi connectivity index (χ4n) is 3.03. The van der Waals surface area contributed by atoms with Crippen molar-refractivity contribution in [2.24, 2.45) is 5.92 Å². The molecule has 0 aromatic heterocycles. The van der Waals surface area contributed by atoms with Crippen molar-refractivity contribution in [2.75, 3.05) is 13.1 Å². The summed E-state index contributed by atoms with van der Waals surface area (Å²) in [6.45, 7) is 2.69. The quantitative estimate of drug-likeness (QED) is 0.920. The van der Waals surface area contributed by atoms with Crippen LogP contribution in [0.25, 0.3) is 0 Å². The lowest BCUT2D eigenvalue weighted by atomic mass is 9.97. The Balaban J connectivity index is 1.59. The zero-order chi connectivity index (χ0) is 13.8. The first-order valence-corrected chi connectivity index (χ1v) is 7.29. The van der Waals surface area contributed by atoms with E-state index in [9.17, 15) is 5.11 Å². The van der Waals surface area contributed by atoms with E-state index in [1.54, 1.807) is 0 Å². The Hall–Kier alpha value is -1.64. The highest BCUT2D eigenvalue weighted by Gasteiger charge is 2.30. The van der Waals surface area contributed by atoms with Gasteiger partial charge in [0.15, 0.2) is 0 Å². The average Bonchev–Trinajstić information content (AvgIpc) is 2.81. The molecule has 2 nitrogen and oxygen atoms in total. The van der Waals surface area contributed by atoms with E-state index in [0.717, 1.165) is 26.1 Å². The van der Waals surface area contributed by atoms with Gasteiger partial charge in [0.05, 0.1) is 6.10 Å². The van der Waals surface area contributed by atoms with Gasteiger partial charge in [-0.25, -0.2) is 0 Å². The number of hydrogen-bond acceptors (Lipinski definition) is 2. The van der Waals surface area contributed by atoms with Crippen LogP contribution in [0, 0.1) is 5.92 Å². The maximum Gasteiger partial charge on any atom is 0.0710 e. The molecule has 0 bridgehead atoms. The SMILES string of the molecule is O[C@@H]1CN(Cc2ccccc2)C[C@@H]1Cc1ccccc1. The molecule has 1 fully saturated rings. The van der Waals surface area contributed by atoms with Crippen LogP contribution < -0.4 is 0 Å². The van der Waals surface area contributed by atoms with Crippen molar-refractivity contribution >= 4 is 0 Å². The average molecular weight is 267 g/mol. The Bertz CT molecular complexity index is 526. The predicted octanol–water partition coefficient (Wildman–Crippen LogP) is 2.72. The van der Waals surface area contributed by atoms with Crippen LogP contribution in [0.5, 0.6) is 0 Å². The number of nitrogens with zero attached hydrogens (tertiary/aromatic N) is 1. The molecule has 3 rings (SSSR count). The first-order chi connectivity index (χ1) is 9.81. The lowest BCUT2D eigenvalue weighted by Gasteiger charge is -2.15. The number of benzene rings is 2. The third-order valence-electron chi connectivity index (χ3n) is 4.07. The van der Waals surface area contributed by atoms with E-state index in [1.807, 2.05) is 12.1 Å². The molecule has 1 aliphatic heterocycles. The molecule has 20 heavy (non-hydrogen) atoms. The van der Waals surface area contributed by atoms with Gasteiger partial charge in [-0.2, -0.15) is 0 Å². The summed E-state index contributed by atoms with van der Waals surface area (Å²) in [5.41, 5.74) is 2.64. The minimum Gasteiger partial charge on any atom is -0.391 e. The van der Waals surface area contributed by atoms with Crippen LogP contribution in [0.3, 0.4) is 0 Å². The van der Waals surface area contributed by atoms with Gasteiger partial charge in [0.1, 0.15) is 0 Å². The second-order valence-corrected chi connectivity index (χ2v) is 5.70. The zero-order valence-electron chi connectivity index (χ0n) is 11.7. The molecule has 2 atom stereocenters. The second-order valence-electron chi connectivity index (χ2n) is 5.70. The standard InChI is InChI=1S/C18H21NO/c20-18-14-19(12-16-9-5-2-6-10-16)13-17(18)11-15-7-3-1-4-8-15/h1-10,17-18,20H,11-14H2/t17-,18+/m0/s1. The lowest BCUT2D eigenvalue weighted by molar-refractivity contribution is 0.141. The summed E-state index contributed by atoms with van der Waals surface area (Å²) >= 11 is 0. The molecule has 0 radical (unpaired) electrons. The normalized spacial score (nSPS) is 23.1. The summed E-state index contributed by atoms with van der Waals surface area (Å²) < 4.78 is 0. The van der Waals surface area contributed by atoms with Crippen LogP contribution in [-0.2, 0) is 13.0 Å². The molecule has 1 saturated heterocycles. The number of aliphatic hydroxyl groups is 1. The zero-order valence-corrected chi connectivity index (χ0v) is 11.7. The molecule has 104 valence electrons. The van der Waals surface area contributed by atoms with Gasteiger partial charge in [-0.3, -0.25) is 4.90 Å². The summed E-state index contributed by atoms with van der Waals surface area (Å²) in [5.74, 6) is 0.348. The third kappa shape index (κ3) is 3.27. The molecule has 0 spiro atoms. The fraction of sp³-hybridized carbons (Fsp3) is 0.333. The summed E-state index contributed by atoms with van der Waals surface area (Å²) in [7, 11) is 0. The van der Waals surface area contributed by atoms with Gasteiger partial charge >= 0.3 is 0 Å². The molecule has 1 heterocycles. The highest BCUT2D eigenvalue weighted by Crippen LogP contribution is 2.23. The van der Waals surface area contributed by atoms with Crippen LogP contribution in [0.1, 0.15) is 11.1 Å². The van der Waals surface area contributed by atoms with Crippen molar-refractivity contribution in [3.8, 4) is 0 Å². The number of aliphatic hydroxyl groups excluding tert-OH is 1. The topological polar surface area (TPSA) is 23.5 Å². The maximum atomic E-state index is 10.3. The first kappa shape index (κ1) is 13.3. The van der Waals surface area contributed by atoms with Crippen molar-refractivity contribution < 1.29 is 5.11 Å². The van der Waals surface area contributed by atoms with Crippen molar-refractivity contribution in [2.45, 2.75) is 19.1 Å². The van der Waals surface area contributed by atoms with E-state index >= 15 is 0 Å². The third-order valence-corrected chi connectivity index (χ3v) is 4.07. The fourth-order valence-corrected chi connectivity index (χ4v) is 3.03. The van der Waals surface area contributed by atoms with E-state index in [1.165, 1.54) is 11.1 Å². The van der Waals surface area contributed by atoms with E-state index in [0.29, 0.717) is 5.92 Å². The Morgan fingerprint density at radius 1 is 0.850 bits per heavy atom. The molecule has 0 saturated carbocycles. The van der Waals surface area contributed by atoms with E-state index < -0.39 is 0 Å². The van der Waals surface area contributed by atoms with Gasteiger partial charge in [0.2, 0.25) is 0 Å². The number of β-amino-alcohol motifs (C(OH)–C–C–N with tert-alkyl or cyclic N) is 1. The predicted molar refractivity (Wildman–Crippen MR) is 81.4 cm³/mol. The van der Waals surface area contributed by atoms with Gasteiger partial charge in [0, 0.05) is 25.6 Å². The molecule has 2 heteroatoms. The van der Waals surface area contributed by atoms with Crippen molar-refractivity contribution in [3.63, 3.8) is 0 Å². The molecule has 0 amide bonds. The molecule has 1 aliphatic rings. The number of likely N-dealkylation sites (tertiary alicyclic amines) is 1. The summed E-state index contributed by atoms with van der Waals surface area (Å²) in [6, 6.07) is 21.0. The largest absolute Gasteiger partial charge is 0.391 e. The number of hydrogen-bond donors (Lipinski definition) is 1. The van der Waals surface area contributed by atoms with Crippen molar-refractivity contribution in [1.29, 1.82) is 0 Å². The summed E-state index contributed by atoms with van der Waals surface area (Å²) in [5, 5.41) is 10.3. The Morgan fingerprint density at radius 2 is 1.45 bits per heavy atom. The number of rotatable bonds is 4. The molecule has 1 N–H and O–H groups in total. The summed E-state index contributed by atoms with van der Waals surface area (Å²) in [6.07, 6.45) is 0.756. The van der Waals surface area contributed by atoms with Crippen molar-refractivity contribution in [1.82, 2.24) is 4.90 Å². The Morgan fingerprint density at radius 3 is 2.10 bits per heavy atom. The molecule has 0 aliphatic carbocycles. The smallest absolute Gasteiger partial charge is 0.0710 e. The van der Waals surface area contributed by atoms with E-state index in [-0.39, 0.29) is 6.10 Å². The highest BCUT2D eigenvalue weighted by molar-refractivity contribution is 5.17. The highest BCUT2D eigenvalue weighted by atomic mass is 16.3. The van der Waals surface area contributed by atoms with Gasteiger partial charge in [0.25, 0.3) is 0 Å². The Kier molecular flexibility index (Phi) is 4.14. The minimum absolute atomic E-state index is 0.209. The second kappa shape index (κ2) is 6.21. The van der Waals surface area contributed by atoms with Gasteiger partial charge < -0.3 is 5.11 Å². The minimum atomic E-state index is -0.209. The van der Waals surface area contributed by atoms with Crippen LogP contribution in [0.2, 0.25) is 0 Å². The molecule has 2 aromatic rings. The van der Waals surface area contributed by atoms with Crippen LogP contribution in [-0.4, -0.2) is 29.2 Å². The lowest BCUT2D eigenvalue weighted by Crippen LogP contribution is -2.21. The molecular formula is C18H21NO. The summed E-state index contributed by atoms with van der Waals surface area (Å²) in [4.78, 5) is 2.35.